The van der Waals surface area contributed by atoms with E-state index in [9.17, 15) is 14.3 Å². The molecule has 1 aromatic rings. The maximum atomic E-state index is 13.3. The highest BCUT2D eigenvalue weighted by molar-refractivity contribution is 5.93. The van der Waals surface area contributed by atoms with E-state index in [2.05, 4.69) is 36.5 Å². The number of aliphatic hydroxyl groups is 1. The molecule has 7 rings (SSSR count). The van der Waals surface area contributed by atoms with Crippen molar-refractivity contribution in [2.24, 2.45) is 27.8 Å². The summed E-state index contributed by atoms with van der Waals surface area (Å²) in [5.41, 5.74) is -0.0275. The zero-order valence-electron chi connectivity index (χ0n) is 20.3. The number of anilines is 1. The number of benzene rings is 1. The Labute approximate surface area is 204 Å². The van der Waals surface area contributed by atoms with Gasteiger partial charge in [0.1, 0.15) is 17.0 Å². The molecule has 188 valence electrons. The molecule has 6 aliphatic rings. The minimum Gasteiger partial charge on any atom is -0.393 e. The van der Waals surface area contributed by atoms with Gasteiger partial charge < -0.3 is 15.3 Å². The molecule has 1 amide bonds. The van der Waals surface area contributed by atoms with E-state index in [1.54, 1.807) is 6.07 Å². The number of carbonyl (C=O) groups excluding carboxylic acids is 1. The third-order valence-electron chi connectivity index (χ3n) is 9.84. The molecule has 7 nitrogen and oxygen atoms in total. The second-order valence-corrected chi connectivity index (χ2v) is 11.5. The van der Waals surface area contributed by atoms with Crippen LogP contribution in [0.4, 0.5) is 10.1 Å². The van der Waals surface area contributed by atoms with E-state index in [0.29, 0.717) is 18.0 Å². The van der Waals surface area contributed by atoms with E-state index < -0.39 is 17.0 Å². The molecule has 0 aromatic heterocycles. The van der Waals surface area contributed by atoms with Crippen LogP contribution in [0.5, 0.6) is 0 Å². The van der Waals surface area contributed by atoms with Crippen LogP contribution in [0.3, 0.4) is 0 Å². The molecule has 35 heavy (non-hydrogen) atoms. The first-order valence-electron chi connectivity index (χ1n) is 12.7. The van der Waals surface area contributed by atoms with Gasteiger partial charge in [0, 0.05) is 34.8 Å². The second kappa shape index (κ2) is 7.85. The Morgan fingerprint density at radius 3 is 2.83 bits per heavy atom. The highest BCUT2D eigenvalue weighted by atomic mass is 19.1. The van der Waals surface area contributed by atoms with Crippen molar-refractivity contribution in [1.29, 1.82) is 0 Å². The summed E-state index contributed by atoms with van der Waals surface area (Å²) in [7, 11) is 0. The number of amides is 1. The SMILES string of the molecule is C[C@]12CC[C@@H]3[C@]4(C=C[C@]5(C[C@@H](O)CC[C@]35C)OO4)[C@@H]1CC/C2=N\OCC(=O)Nc1cccc(F)c1. The van der Waals surface area contributed by atoms with Gasteiger partial charge in [-0.15, -0.1) is 0 Å². The molecule has 4 aliphatic carbocycles. The van der Waals surface area contributed by atoms with E-state index in [0.717, 1.165) is 44.2 Å². The number of fused-ring (bicyclic) bond motifs is 2. The number of hydrogen-bond acceptors (Lipinski definition) is 6. The Hall–Kier alpha value is -2.29. The van der Waals surface area contributed by atoms with Crippen LogP contribution in [0.2, 0.25) is 0 Å². The monoisotopic (exact) mass is 484 g/mol. The van der Waals surface area contributed by atoms with Gasteiger partial charge in [0.05, 0.1) is 11.8 Å². The van der Waals surface area contributed by atoms with Gasteiger partial charge >= 0.3 is 0 Å². The highest BCUT2D eigenvalue weighted by Gasteiger charge is 2.74. The Bertz CT molecular complexity index is 1110. The van der Waals surface area contributed by atoms with Crippen molar-refractivity contribution >= 4 is 17.3 Å². The molecule has 2 aliphatic heterocycles. The fraction of sp³-hybridized carbons (Fsp3) is 0.630. The van der Waals surface area contributed by atoms with Crippen LogP contribution in [-0.2, 0) is 19.4 Å². The number of nitrogens with zero attached hydrogens (tertiary/aromatic N) is 1. The molecule has 0 unspecified atom stereocenters. The van der Waals surface area contributed by atoms with Crippen LogP contribution >= 0.6 is 0 Å². The first kappa shape index (κ1) is 23.1. The van der Waals surface area contributed by atoms with Crippen LogP contribution in [-0.4, -0.2) is 40.6 Å². The third-order valence-corrected chi connectivity index (χ3v) is 9.84. The molecule has 0 radical (unpaired) electrons. The van der Waals surface area contributed by atoms with Crippen LogP contribution < -0.4 is 5.32 Å². The van der Waals surface area contributed by atoms with Gasteiger partial charge in [-0.25, -0.2) is 14.2 Å². The Balaban J connectivity index is 1.19. The number of hydrogen-bond donors (Lipinski definition) is 2. The van der Waals surface area contributed by atoms with E-state index in [1.165, 1.54) is 18.2 Å². The lowest BCUT2D eigenvalue weighted by molar-refractivity contribution is -0.496. The van der Waals surface area contributed by atoms with Crippen LogP contribution in [0.1, 0.15) is 58.8 Å². The van der Waals surface area contributed by atoms with Crippen LogP contribution in [0.15, 0.2) is 41.6 Å². The molecular weight excluding hydrogens is 451 g/mol. The molecule has 2 spiro atoms. The Morgan fingerprint density at radius 1 is 1.20 bits per heavy atom. The fourth-order valence-electron chi connectivity index (χ4n) is 7.97. The third kappa shape index (κ3) is 3.26. The van der Waals surface area contributed by atoms with Crippen LogP contribution in [0.25, 0.3) is 0 Å². The standard InChI is InChI=1S/C27H33FN2O5/c1-24-10-9-21-25(2)11-8-19(31)15-26(25)12-13-27(21,35-34-26)20(24)6-7-22(24)30-33-16-23(32)29-18-5-3-4-17(28)14-18/h3-5,12-14,19-21,31H,6-11,15-16H2,1-2H3,(H,29,32)/b30-22+/t19-,20+,21-,24-,25+,26+,27-/m0/s1. The predicted octanol–water partition coefficient (Wildman–Crippen LogP) is 4.52. The lowest BCUT2D eigenvalue weighted by Gasteiger charge is -2.69. The van der Waals surface area contributed by atoms with Gasteiger partial charge in [-0.2, -0.15) is 0 Å². The maximum Gasteiger partial charge on any atom is 0.265 e. The average Bonchev–Trinajstić information content (AvgIpc) is 3.16. The van der Waals surface area contributed by atoms with E-state index in [4.69, 9.17) is 14.6 Å². The number of carbonyl (C=O) groups is 1. The lowest BCUT2D eigenvalue weighted by Crippen LogP contribution is -2.73. The molecule has 3 saturated carbocycles. The minimum atomic E-state index is -0.557. The summed E-state index contributed by atoms with van der Waals surface area (Å²) in [5, 5.41) is 17.4. The Kier molecular flexibility index (Phi) is 5.19. The van der Waals surface area contributed by atoms with Crippen molar-refractivity contribution in [3.8, 4) is 0 Å². The van der Waals surface area contributed by atoms with E-state index in [1.807, 2.05) is 0 Å². The molecular formula is C27H33FN2O5. The number of halogens is 1. The first-order valence-corrected chi connectivity index (χ1v) is 12.7. The smallest absolute Gasteiger partial charge is 0.265 e. The van der Waals surface area contributed by atoms with E-state index >= 15 is 0 Å². The number of nitrogens with one attached hydrogen (secondary N) is 1. The van der Waals surface area contributed by atoms with Gasteiger partial charge in [-0.05, 0) is 62.8 Å². The lowest BCUT2D eigenvalue weighted by atomic mass is 9.43. The molecule has 8 heteroatoms. The summed E-state index contributed by atoms with van der Waals surface area (Å²) in [4.78, 5) is 30.2. The van der Waals surface area contributed by atoms with Crippen molar-refractivity contribution in [1.82, 2.24) is 0 Å². The van der Waals surface area contributed by atoms with Gasteiger partial charge in [-0.1, -0.05) is 31.1 Å². The van der Waals surface area contributed by atoms with Gasteiger partial charge in [0.15, 0.2) is 6.61 Å². The summed E-state index contributed by atoms with van der Waals surface area (Å²) in [6.45, 7) is 4.31. The van der Waals surface area contributed by atoms with Gasteiger partial charge in [0.25, 0.3) is 5.91 Å². The maximum absolute atomic E-state index is 13.3. The summed E-state index contributed by atoms with van der Waals surface area (Å²) in [5.74, 6) is -0.290. The van der Waals surface area contributed by atoms with Gasteiger partial charge in [-0.3, -0.25) is 4.79 Å². The summed E-state index contributed by atoms with van der Waals surface area (Å²) < 4.78 is 13.3. The molecule has 1 saturated heterocycles. The average molecular weight is 485 g/mol. The quantitative estimate of drug-likeness (QED) is 0.373. The summed E-state index contributed by atoms with van der Waals surface area (Å²) >= 11 is 0. The molecule has 2 heterocycles. The predicted molar refractivity (Wildman–Crippen MR) is 127 cm³/mol. The van der Waals surface area contributed by atoms with Crippen molar-refractivity contribution in [2.75, 3.05) is 11.9 Å². The largest absolute Gasteiger partial charge is 0.393 e. The topological polar surface area (TPSA) is 89.4 Å². The molecule has 2 bridgehead atoms. The number of oxime groups is 1. The zero-order chi connectivity index (χ0) is 24.5. The number of rotatable bonds is 4. The van der Waals surface area contributed by atoms with Crippen molar-refractivity contribution in [2.45, 2.75) is 76.1 Å². The van der Waals surface area contributed by atoms with E-state index in [-0.39, 0.29) is 35.4 Å². The summed E-state index contributed by atoms with van der Waals surface area (Å²) in [6.07, 6.45) is 9.95. The molecule has 1 aromatic carbocycles. The Morgan fingerprint density at radius 2 is 2.06 bits per heavy atom. The van der Waals surface area contributed by atoms with Crippen molar-refractivity contribution < 1.29 is 28.9 Å². The van der Waals surface area contributed by atoms with Crippen molar-refractivity contribution in [3.05, 3.63) is 42.2 Å². The fourth-order valence-corrected chi connectivity index (χ4v) is 7.97. The van der Waals surface area contributed by atoms with Crippen LogP contribution in [0, 0.1) is 28.5 Å². The van der Waals surface area contributed by atoms with Gasteiger partial charge in [0.2, 0.25) is 0 Å². The second-order valence-electron chi connectivity index (χ2n) is 11.5. The zero-order valence-corrected chi connectivity index (χ0v) is 20.3. The normalized spacial score (nSPS) is 44.5. The summed E-state index contributed by atoms with van der Waals surface area (Å²) in [6, 6.07) is 5.75. The minimum absolute atomic E-state index is 0.0774. The molecule has 2 N–H and O–H groups in total. The molecule has 7 atom stereocenters. The highest BCUT2D eigenvalue weighted by Crippen LogP contribution is 2.70. The first-order chi connectivity index (χ1) is 16.7. The van der Waals surface area contributed by atoms with Crippen molar-refractivity contribution in [3.63, 3.8) is 0 Å². The molecule has 4 fully saturated rings. The number of aliphatic hydroxyl groups excluding tert-OH is 1.